The first-order chi connectivity index (χ1) is 13.0. The topological polar surface area (TPSA) is 88.9 Å². The van der Waals surface area contributed by atoms with Gasteiger partial charge in [0.05, 0.1) is 5.75 Å². The molecule has 0 spiro atoms. The maximum absolute atomic E-state index is 12.9. The number of aromatic nitrogens is 3. The van der Waals surface area contributed by atoms with E-state index in [1.165, 1.54) is 36.0 Å². The van der Waals surface area contributed by atoms with Crippen molar-refractivity contribution in [3.8, 4) is 0 Å². The van der Waals surface area contributed by atoms with E-state index >= 15 is 0 Å². The highest BCUT2D eigenvalue weighted by Crippen LogP contribution is 2.16. The van der Waals surface area contributed by atoms with Crippen molar-refractivity contribution in [2.24, 2.45) is 7.05 Å². The van der Waals surface area contributed by atoms with Gasteiger partial charge in [-0.05, 0) is 42.5 Å². The molecule has 9 heteroatoms. The van der Waals surface area contributed by atoms with Gasteiger partial charge in [0.1, 0.15) is 12.1 Å². The normalized spacial score (nSPS) is 10.4. The number of hydrogen-bond acceptors (Lipinski definition) is 5. The molecule has 27 heavy (non-hydrogen) atoms. The molecule has 1 aromatic heterocycles. The van der Waals surface area contributed by atoms with E-state index in [9.17, 15) is 14.0 Å². The number of anilines is 2. The zero-order valence-electron chi connectivity index (χ0n) is 14.3. The quantitative estimate of drug-likeness (QED) is 0.637. The third-order valence-corrected chi connectivity index (χ3v) is 4.55. The summed E-state index contributed by atoms with van der Waals surface area (Å²) in [5, 5.41) is 13.7. The van der Waals surface area contributed by atoms with Gasteiger partial charge < -0.3 is 15.2 Å². The predicted molar refractivity (Wildman–Crippen MR) is 101 cm³/mol. The van der Waals surface area contributed by atoms with Crippen molar-refractivity contribution in [2.45, 2.75) is 5.16 Å². The summed E-state index contributed by atoms with van der Waals surface area (Å²) in [5.41, 5.74) is 1.36. The number of nitrogens with zero attached hydrogens (tertiary/aromatic N) is 3. The SMILES string of the molecule is Cn1cnnc1SCC(=O)Nc1cccc(C(=O)Nc2ccc(F)cc2)c1. The summed E-state index contributed by atoms with van der Waals surface area (Å²) in [6.45, 7) is 0. The standard InChI is InChI=1S/C18H16FN5O2S/c1-24-11-20-23-18(24)27-10-16(25)21-15-4-2-3-12(9-15)17(26)22-14-7-5-13(19)6-8-14/h2-9,11H,10H2,1H3,(H,21,25)(H,22,26). The Bertz CT molecular complexity index is 958. The van der Waals surface area contributed by atoms with Gasteiger partial charge in [0, 0.05) is 24.0 Å². The molecule has 0 atom stereocenters. The van der Waals surface area contributed by atoms with E-state index in [1.807, 2.05) is 0 Å². The lowest BCUT2D eigenvalue weighted by molar-refractivity contribution is -0.113. The Morgan fingerprint density at radius 1 is 1.11 bits per heavy atom. The summed E-state index contributed by atoms with van der Waals surface area (Å²) < 4.78 is 14.7. The van der Waals surface area contributed by atoms with Gasteiger partial charge in [-0.1, -0.05) is 17.8 Å². The molecule has 138 valence electrons. The number of thioether (sulfide) groups is 1. The Balaban J connectivity index is 1.59. The highest BCUT2D eigenvalue weighted by Gasteiger charge is 2.10. The van der Waals surface area contributed by atoms with E-state index in [0.717, 1.165) is 0 Å². The first kappa shape index (κ1) is 18.6. The van der Waals surface area contributed by atoms with Gasteiger partial charge >= 0.3 is 0 Å². The number of rotatable bonds is 6. The van der Waals surface area contributed by atoms with Crippen molar-refractivity contribution in [2.75, 3.05) is 16.4 Å². The molecule has 3 rings (SSSR count). The average Bonchev–Trinajstić information content (AvgIpc) is 3.07. The molecule has 0 fully saturated rings. The molecule has 0 aliphatic heterocycles. The van der Waals surface area contributed by atoms with Crippen LogP contribution in [0.2, 0.25) is 0 Å². The molecule has 1 heterocycles. The van der Waals surface area contributed by atoms with Gasteiger partial charge in [-0.25, -0.2) is 4.39 Å². The minimum atomic E-state index is -0.378. The van der Waals surface area contributed by atoms with Crippen LogP contribution in [0.15, 0.2) is 60.0 Å². The maximum atomic E-state index is 12.9. The van der Waals surface area contributed by atoms with Crippen molar-refractivity contribution in [3.63, 3.8) is 0 Å². The molecule has 3 aromatic rings. The zero-order chi connectivity index (χ0) is 19.2. The van der Waals surface area contributed by atoms with E-state index in [4.69, 9.17) is 0 Å². The largest absolute Gasteiger partial charge is 0.325 e. The molecule has 7 nitrogen and oxygen atoms in total. The summed E-state index contributed by atoms with van der Waals surface area (Å²) in [5.74, 6) is -0.791. The minimum absolute atomic E-state index is 0.165. The van der Waals surface area contributed by atoms with Crippen LogP contribution < -0.4 is 10.6 Å². The second-order valence-corrected chi connectivity index (χ2v) is 6.55. The number of halogens is 1. The van der Waals surface area contributed by atoms with Gasteiger partial charge in [-0.3, -0.25) is 9.59 Å². The van der Waals surface area contributed by atoms with Crippen LogP contribution in [-0.4, -0.2) is 32.3 Å². The van der Waals surface area contributed by atoms with Crippen LogP contribution in [-0.2, 0) is 11.8 Å². The molecule has 2 aromatic carbocycles. The molecule has 0 aliphatic rings. The molecule has 0 saturated carbocycles. The molecule has 0 bridgehead atoms. The molecular weight excluding hydrogens is 369 g/mol. The fourth-order valence-electron chi connectivity index (χ4n) is 2.21. The Morgan fingerprint density at radius 2 is 1.89 bits per heavy atom. The maximum Gasteiger partial charge on any atom is 0.255 e. The smallest absolute Gasteiger partial charge is 0.255 e. The molecule has 0 aliphatic carbocycles. The van der Waals surface area contributed by atoms with E-state index in [2.05, 4.69) is 20.8 Å². The molecule has 2 amide bonds. The monoisotopic (exact) mass is 385 g/mol. The lowest BCUT2D eigenvalue weighted by atomic mass is 10.2. The average molecular weight is 385 g/mol. The number of amides is 2. The molecular formula is C18H16FN5O2S. The second kappa shape index (κ2) is 8.45. The number of aryl methyl sites for hydroxylation is 1. The van der Waals surface area contributed by atoms with Gasteiger partial charge in [0.25, 0.3) is 5.91 Å². The first-order valence-corrected chi connectivity index (χ1v) is 8.93. The number of carbonyl (C=O) groups excluding carboxylic acids is 2. The summed E-state index contributed by atoms with van der Waals surface area (Å²) in [6.07, 6.45) is 1.56. The first-order valence-electron chi connectivity index (χ1n) is 7.95. The van der Waals surface area contributed by atoms with Crippen LogP contribution >= 0.6 is 11.8 Å². The second-order valence-electron chi connectivity index (χ2n) is 5.60. The van der Waals surface area contributed by atoms with Crippen molar-refractivity contribution < 1.29 is 14.0 Å². The fraction of sp³-hybridized carbons (Fsp3) is 0.111. The van der Waals surface area contributed by atoms with Crippen molar-refractivity contribution >= 4 is 35.0 Å². The lowest BCUT2D eigenvalue weighted by Gasteiger charge is -2.08. The number of benzene rings is 2. The number of hydrogen-bond donors (Lipinski definition) is 2. The van der Waals surface area contributed by atoms with Crippen LogP contribution in [0.1, 0.15) is 10.4 Å². The van der Waals surface area contributed by atoms with Crippen LogP contribution in [0.25, 0.3) is 0 Å². The molecule has 0 radical (unpaired) electrons. The van der Waals surface area contributed by atoms with Crippen LogP contribution in [0.4, 0.5) is 15.8 Å². The third kappa shape index (κ3) is 5.14. The highest BCUT2D eigenvalue weighted by atomic mass is 32.2. The van der Waals surface area contributed by atoms with Crippen LogP contribution in [0.5, 0.6) is 0 Å². The molecule has 0 unspecified atom stereocenters. The van der Waals surface area contributed by atoms with Crippen LogP contribution in [0.3, 0.4) is 0 Å². The van der Waals surface area contributed by atoms with Crippen molar-refractivity contribution in [3.05, 3.63) is 66.2 Å². The predicted octanol–water partition coefficient (Wildman–Crippen LogP) is 2.94. The van der Waals surface area contributed by atoms with Gasteiger partial charge in [-0.15, -0.1) is 10.2 Å². The van der Waals surface area contributed by atoms with Gasteiger partial charge in [0.15, 0.2) is 5.16 Å². The third-order valence-electron chi connectivity index (χ3n) is 3.51. The zero-order valence-corrected chi connectivity index (χ0v) is 15.2. The lowest BCUT2D eigenvalue weighted by Crippen LogP contribution is -2.16. The number of carbonyl (C=O) groups is 2. The Morgan fingerprint density at radius 3 is 2.59 bits per heavy atom. The van der Waals surface area contributed by atoms with E-state index in [-0.39, 0.29) is 23.4 Å². The Kier molecular flexibility index (Phi) is 5.82. The van der Waals surface area contributed by atoms with Gasteiger partial charge in [0.2, 0.25) is 5.91 Å². The van der Waals surface area contributed by atoms with Crippen molar-refractivity contribution in [1.29, 1.82) is 0 Å². The summed E-state index contributed by atoms with van der Waals surface area (Å²) in [4.78, 5) is 24.4. The Labute approximate surface area is 159 Å². The van der Waals surface area contributed by atoms with Crippen molar-refractivity contribution in [1.82, 2.24) is 14.8 Å². The van der Waals surface area contributed by atoms with E-state index < -0.39 is 0 Å². The van der Waals surface area contributed by atoms with Gasteiger partial charge in [-0.2, -0.15) is 0 Å². The summed E-state index contributed by atoms with van der Waals surface area (Å²) in [6, 6.07) is 12.0. The van der Waals surface area contributed by atoms with Crippen LogP contribution in [0, 0.1) is 5.82 Å². The Hall–Kier alpha value is -3.20. The van der Waals surface area contributed by atoms with E-state index in [0.29, 0.717) is 22.1 Å². The highest BCUT2D eigenvalue weighted by molar-refractivity contribution is 7.99. The van der Waals surface area contributed by atoms with E-state index in [1.54, 1.807) is 42.2 Å². The fourth-order valence-corrected chi connectivity index (χ4v) is 2.89. The molecule has 0 saturated heterocycles. The number of nitrogens with one attached hydrogen (secondary N) is 2. The summed E-state index contributed by atoms with van der Waals surface area (Å²) in [7, 11) is 1.80. The molecule has 2 N–H and O–H groups in total. The minimum Gasteiger partial charge on any atom is -0.325 e. The summed E-state index contributed by atoms with van der Waals surface area (Å²) >= 11 is 1.26.